The number of nitriles is 1. The molecule has 4 N–H and O–H groups in total. The van der Waals surface area contributed by atoms with Crippen LogP contribution < -0.4 is 15.4 Å². The van der Waals surface area contributed by atoms with E-state index in [1.54, 1.807) is 12.1 Å². The number of sulfonamides is 1. The van der Waals surface area contributed by atoms with Gasteiger partial charge in [-0.1, -0.05) is 11.6 Å². The first-order valence-electron chi connectivity index (χ1n) is 7.07. The van der Waals surface area contributed by atoms with Crippen LogP contribution in [0.2, 0.25) is 5.02 Å². The summed E-state index contributed by atoms with van der Waals surface area (Å²) in [6.07, 6.45) is 1.38. The molecule has 25 heavy (non-hydrogen) atoms. The van der Waals surface area contributed by atoms with Crippen molar-refractivity contribution in [3.05, 3.63) is 35.5 Å². The van der Waals surface area contributed by atoms with Crippen LogP contribution in [0.5, 0.6) is 0 Å². The van der Waals surface area contributed by atoms with Gasteiger partial charge in [-0.25, -0.2) is 18.1 Å². The average Bonchev–Trinajstić information content (AvgIpc) is 2.61. The van der Waals surface area contributed by atoms with Crippen LogP contribution in [0.15, 0.2) is 35.4 Å². The van der Waals surface area contributed by atoms with Gasteiger partial charge in [0.15, 0.2) is 5.82 Å². The van der Waals surface area contributed by atoms with Gasteiger partial charge in [-0.3, -0.25) is 0 Å². The highest BCUT2D eigenvalue weighted by molar-refractivity contribution is 7.89. The minimum atomic E-state index is -3.66. The van der Waals surface area contributed by atoms with Gasteiger partial charge in [-0.05, 0) is 24.3 Å². The zero-order valence-electron chi connectivity index (χ0n) is 12.9. The molecule has 0 saturated heterocycles. The van der Waals surface area contributed by atoms with Crippen molar-refractivity contribution in [3.8, 4) is 6.07 Å². The second-order valence-electron chi connectivity index (χ2n) is 4.67. The highest BCUT2D eigenvalue weighted by Gasteiger charge is 2.13. The van der Waals surface area contributed by atoms with E-state index in [2.05, 4.69) is 25.3 Å². The Labute approximate surface area is 149 Å². The summed E-state index contributed by atoms with van der Waals surface area (Å²) in [5.41, 5.74) is 0.565. The standard InChI is InChI=1S/C14H15ClN6O3S/c15-12-9-18-14(21-13(12)17-6-5-16)20-10-1-3-11(4-2-10)25(23,24)19-7-8-22/h1-4,9,19,22H,6-8H2,(H2,17,18,20,21). The van der Waals surface area contributed by atoms with E-state index in [0.717, 1.165) is 0 Å². The molecule has 2 rings (SSSR count). The molecule has 0 aliphatic rings. The predicted molar refractivity (Wildman–Crippen MR) is 93.1 cm³/mol. The number of rotatable bonds is 8. The van der Waals surface area contributed by atoms with Crippen LogP contribution in [0.3, 0.4) is 0 Å². The summed E-state index contributed by atoms with van der Waals surface area (Å²) in [6, 6.07) is 7.84. The Morgan fingerprint density at radius 2 is 2.00 bits per heavy atom. The molecule has 0 unspecified atom stereocenters. The summed E-state index contributed by atoms with van der Waals surface area (Å²) < 4.78 is 26.1. The molecule has 1 aromatic carbocycles. The van der Waals surface area contributed by atoms with Crippen molar-refractivity contribution >= 4 is 39.1 Å². The smallest absolute Gasteiger partial charge is 0.240 e. The van der Waals surface area contributed by atoms with Gasteiger partial charge in [-0.15, -0.1) is 0 Å². The van der Waals surface area contributed by atoms with Gasteiger partial charge in [-0.2, -0.15) is 10.2 Å². The van der Waals surface area contributed by atoms with E-state index in [1.165, 1.54) is 18.3 Å². The molecule has 0 aliphatic heterocycles. The molecule has 0 amide bonds. The van der Waals surface area contributed by atoms with E-state index in [-0.39, 0.29) is 35.6 Å². The summed E-state index contributed by atoms with van der Waals surface area (Å²) in [5.74, 6) is 0.548. The van der Waals surface area contributed by atoms with E-state index in [9.17, 15) is 8.42 Å². The van der Waals surface area contributed by atoms with Crippen LogP contribution in [0.25, 0.3) is 0 Å². The lowest BCUT2D eigenvalue weighted by atomic mass is 10.3. The van der Waals surface area contributed by atoms with E-state index >= 15 is 0 Å². The third kappa shape index (κ3) is 5.27. The summed E-state index contributed by atoms with van der Waals surface area (Å²) in [7, 11) is -3.66. The van der Waals surface area contributed by atoms with Gasteiger partial charge < -0.3 is 15.7 Å². The average molecular weight is 383 g/mol. The molecule has 0 fully saturated rings. The minimum absolute atomic E-state index is 0.0452. The number of aromatic nitrogens is 2. The molecular formula is C14H15ClN6O3S. The van der Waals surface area contributed by atoms with E-state index in [4.69, 9.17) is 22.0 Å². The van der Waals surface area contributed by atoms with Crippen molar-refractivity contribution in [1.82, 2.24) is 14.7 Å². The Kier molecular flexibility index (Phi) is 6.49. The largest absolute Gasteiger partial charge is 0.395 e. The van der Waals surface area contributed by atoms with Crippen molar-refractivity contribution in [3.63, 3.8) is 0 Å². The molecule has 0 bridgehead atoms. The fraction of sp³-hybridized carbons (Fsp3) is 0.214. The molecule has 0 atom stereocenters. The molecule has 0 radical (unpaired) electrons. The lowest BCUT2D eigenvalue weighted by molar-refractivity contribution is 0.301. The first-order chi connectivity index (χ1) is 12.0. The van der Waals surface area contributed by atoms with Crippen molar-refractivity contribution < 1.29 is 13.5 Å². The SMILES string of the molecule is N#CCNc1nc(Nc2ccc(S(=O)(=O)NCCO)cc2)ncc1Cl. The molecule has 0 spiro atoms. The maximum atomic E-state index is 11.9. The van der Waals surface area contributed by atoms with Crippen LogP contribution in [0, 0.1) is 11.3 Å². The number of nitrogens with zero attached hydrogens (tertiary/aromatic N) is 3. The van der Waals surface area contributed by atoms with Crippen LogP contribution in [-0.2, 0) is 10.0 Å². The zero-order valence-corrected chi connectivity index (χ0v) is 14.5. The molecule has 1 aromatic heterocycles. The number of halogens is 1. The quantitative estimate of drug-likeness (QED) is 0.497. The number of hydrogen-bond acceptors (Lipinski definition) is 8. The third-order valence-electron chi connectivity index (χ3n) is 2.90. The van der Waals surface area contributed by atoms with Crippen molar-refractivity contribution in [1.29, 1.82) is 5.26 Å². The van der Waals surface area contributed by atoms with Crippen molar-refractivity contribution in [2.75, 3.05) is 30.3 Å². The lowest BCUT2D eigenvalue weighted by Gasteiger charge is -2.09. The van der Waals surface area contributed by atoms with Gasteiger partial charge in [0, 0.05) is 12.2 Å². The Balaban J connectivity index is 2.12. The van der Waals surface area contributed by atoms with Crippen LogP contribution in [-0.4, -0.2) is 43.2 Å². The number of benzene rings is 1. The van der Waals surface area contributed by atoms with Gasteiger partial charge >= 0.3 is 0 Å². The highest BCUT2D eigenvalue weighted by atomic mass is 35.5. The lowest BCUT2D eigenvalue weighted by Crippen LogP contribution is -2.26. The molecule has 2 aromatic rings. The van der Waals surface area contributed by atoms with E-state index in [1.807, 2.05) is 6.07 Å². The van der Waals surface area contributed by atoms with Gasteiger partial charge in [0.2, 0.25) is 16.0 Å². The van der Waals surface area contributed by atoms with Crippen LogP contribution in [0.1, 0.15) is 0 Å². The van der Waals surface area contributed by atoms with Gasteiger partial charge in [0.25, 0.3) is 0 Å². The Morgan fingerprint density at radius 3 is 2.64 bits per heavy atom. The number of anilines is 3. The second-order valence-corrected chi connectivity index (χ2v) is 6.85. The van der Waals surface area contributed by atoms with E-state index in [0.29, 0.717) is 11.5 Å². The third-order valence-corrected chi connectivity index (χ3v) is 4.66. The van der Waals surface area contributed by atoms with Crippen molar-refractivity contribution in [2.45, 2.75) is 4.90 Å². The second kappa shape index (κ2) is 8.59. The first kappa shape index (κ1) is 18.9. The van der Waals surface area contributed by atoms with E-state index < -0.39 is 10.0 Å². The van der Waals surface area contributed by atoms with Crippen LogP contribution >= 0.6 is 11.6 Å². The summed E-state index contributed by atoms with van der Waals surface area (Å²) in [6.45, 7) is -0.294. The van der Waals surface area contributed by atoms with Crippen LogP contribution in [0.4, 0.5) is 17.5 Å². The molecule has 0 aliphatic carbocycles. The molecule has 132 valence electrons. The number of aliphatic hydroxyl groups is 1. The minimum Gasteiger partial charge on any atom is -0.395 e. The predicted octanol–water partition coefficient (Wildman–Crippen LogP) is 1.08. The summed E-state index contributed by atoms with van der Waals surface area (Å²) >= 11 is 5.93. The Bertz CT molecular complexity index is 867. The summed E-state index contributed by atoms with van der Waals surface area (Å²) in [5, 5.41) is 23.2. The first-order valence-corrected chi connectivity index (χ1v) is 8.93. The highest BCUT2D eigenvalue weighted by Crippen LogP contribution is 2.22. The topological polar surface area (TPSA) is 140 Å². The number of nitrogens with one attached hydrogen (secondary N) is 3. The van der Waals surface area contributed by atoms with Crippen molar-refractivity contribution in [2.24, 2.45) is 0 Å². The molecular weight excluding hydrogens is 368 g/mol. The van der Waals surface area contributed by atoms with Gasteiger partial charge in [0.1, 0.15) is 11.6 Å². The fourth-order valence-corrected chi connectivity index (χ4v) is 2.96. The fourth-order valence-electron chi connectivity index (χ4n) is 1.78. The normalized spacial score (nSPS) is 10.9. The van der Waals surface area contributed by atoms with Gasteiger partial charge in [0.05, 0.1) is 23.8 Å². The molecule has 11 heteroatoms. The zero-order chi connectivity index (χ0) is 18.3. The number of hydrogen-bond donors (Lipinski definition) is 4. The molecule has 1 heterocycles. The number of aliphatic hydroxyl groups excluding tert-OH is 1. The Morgan fingerprint density at radius 1 is 1.28 bits per heavy atom. The summed E-state index contributed by atoms with van der Waals surface area (Å²) in [4.78, 5) is 8.23. The molecule has 9 nitrogen and oxygen atoms in total. The maximum absolute atomic E-state index is 11.9. The Hall–Kier alpha value is -2.45. The molecule has 0 saturated carbocycles. The maximum Gasteiger partial charge on any atom is 0.240 e. The monoisotopic (exact) mass is 382 g/mol.